The number of carbonyl (C=O) groups is 1. The van der Waals surface area contributed by atoms with Crippen molar-refractivity contribution in [1.29, 1.82) is 0 Å². The van der Waals surface area contributed by atoms with Gasteiger partial charge in [0.2, 0.25) is 5.91 Å². The third kappa shape index (κ3) is 3.24. The van der Waals surface area contributed by atoms with Crippen LogP contribution in [0.25, 0.3) is 11.1 Å². The van der Waals surface area contributed by atoms with Gasteiger partial charge in [-0.15, -0.1) is 0 Å². The molecule has 0 saturated heterocycles. The number of aryl methyl sites for hydroxylation is 1. The molecule has 120 valence electrons. The molecule has 23 heavy (non-hydrogen) atoms. The molecule has 0 atom stereocenters. The Hall–Kier alpha value is -2.29. The van der Waals surface area contributed by atoms with Gasteiger partial charge in [0.25, 0.3) is 0 Å². The first-order valence-corrected chi connectivity index (χ1v) is 8.09. The summed E-state index contributed by atoms with van der Waals surface area (Å²) in [6.45, 7) is 4.13. The molecule has 1 aliphatic carbocycles. The maximum Gasteiger partial charge on any atom is 0.230 e. The average molecular weight is 308 g/mol. The minimum Gasteiger partial charge on any atom is -0.378 e. The molecule has 0 spiro atoms. The lowest BCUT2D eigenvalue weighted by Crippen LogP contribution is -2.21. The highest BCUT2D eigenvalue weighted by molar-refractivity contribution is 5.97. The molecule has 0 heterocycles. The molecule has 1 fully saturated rings. The summed E-state index contributed by atoms with van der Waals surface area (Å²) in [6.07, 6.45) is 1.98. The van der Waals surface area contributed by atoms with Gasteiger partial charge in [-0.3, -0.25) is 4.79 Å². The predicted octanol–water partition coefficient (Wildman–Crippen LogP) is 4.47. The van der Waals surface area contributed by atoms with Crippen LogP contribution in [-0.2, 0) is 4.79 Å². The minimum atomic E-state index is -0.154. The van der Waals surface area contributed by atoms with Gasteiger partial charge in [0.05, 0.1) is 0 Å². The molecule has 0 bridgehead atoms. The number of benzene rings is 2. The largest absolute Gasteiger partial charge is 0.378 e. The molecule has 1 aliphatic rings. The monoisotopic (exact) mass is 308 g/mol. The number of amides is 1. The van der Waals surface area contributed by atoms with Gasteiger partial charge in [-0.2, -0.15) is 0 Å². The maximum absolute atomic E-state index is 12.2. The van der Waals surface area contributed by atoms with Crippen molar-refractivity contribution in [2.75, 3.05) is 24.3 Å². The molecule has 1 N–H and O–H groups in total. The Balaban J connectivity index is 1.86. The van der Waals surface area contributed by atoms with Crippen LogP contribution in [-0.4, -0.2) is 20.0 Å². The number of rotatable bonds is 4. The second-order valence-corrected chi connectivity index (χ2v) is 6.99. The number of hydrogen-bond acceptors (Lipinski definition) is 2. The summed E-state index contributed by atoms with van der Waals surface area (Å²) in [5.41, 5.74) is 5.44. The molecular weight excluding hydrogens is 284 g/mol. The van der Waals surface area contributed by atoms with Crippen LogP contribution in [0.1, 0.15) is 25.3 Å². The number of hydrogen-bond donors (Lipinski definition) is 1. The zero-order valence-electron chi connectivity index (χ0n) is 14.3. The molecule has 0 radical (unpaired) electrons. The van der Waals surface area contributed by atoms with Crippen molar-refractivity contribution < 1.29 is 4.79 Å². The molecule has 3 heteroatoms. The highest BCUT2D eigenvalue weighted by Crippen LogP contribution is 2.45. The highest BCUT2D eigenvalue weighted by atomic mass is 16.2. The SMILES string of the molecule is Cc1ccc(NC(=O)C2(C)CC2)cc1-c1ccc(N(C)C)cc1. The van der Waals surface area contributed by atoms with E-state index in [9.17, 15) is 4.79 Å². The molecule has 2 aromatic carbocycles. The van der Waals surface area contributed by atoms with E-state index in [1.165, 1.54) is 16.8 Å². The van der Waals surface area contributed by atoms with Gasteiger partial charge in [-0.05, 0) is 60.7 Å². The van der Waals surface area contributed by atoms with Crippen LogP contribution >= 0.6 is 0 Å². The Morgan fingerprint density at radius 1 is 1.09 bits per heavy atom. The second-order valence-electron chi connectivity index (χ2n) is 6.99. The van der Waals surface area contributed by atoms with E-state index in [0.717, 1.165) is 24.1 Å². The van der Waals surface area contributed by atoms with Crippen LogP contribution in [0.4, 0.5) is 11.4 Å². The first-order chi connectivity index (χ1) is 10.9. The van der Waals surface area contributed by atoms with Gasteiger partial charge in [0, 0.05) is 30.9 Å². The van der Waals surface area contributed by atoms with Gasteiger partial charge < -0.3 is 10.2 Å². The zero-order chi connectivity index (χ0) is 16.6. The smallest absolute Gasteiger partial charge is 0.230 e. The van der Waals surface area contributed by atoms with E-state index < -0.39 is 0 Å². The standard InChI is InChI=1S/C20H24N2O/c1-14-5-8-16(21-19(23)20(2)11-12-20)13-18(14)15-6-9-17(10-7-15)22(3)4/h5-10,13H,11-12H2,1-4H3,(H,21,23). The third-order valence-corrected chi connectivity index (χ3v) is 4.74. The minimum absolute atomic E-state index is 0.134. The first kappa shape index (κ1) is 15.6. The van der Waals surface area contributed by atoms with Crippen LogP contribution in [0.3, 0.4) is 0 Å². The Morgan fingerprint density at radius 2 is 1.74 bits per heavy atom. The van der Waals surface area contributed by atoms with Gasteiger partial charge in [0.1, 0.15) is 0 Å². The lowest BCUT2D eigenvalue weighted by atomic mass is 9.99. The van der Waals surface area contributed by atoms with Crippen molar-refractivity contribution in [2.45, 2.75) is 26.7 Å². The van der Waals surface area contributed by atoms with E-state index in [-0.39, 0.29) is 11.3 Å². The summed E-state index contributed by atoms with van der Waals surface area (Å²) in [4.78, 5) is 14.3. The maximum atomic E-state index is 12.2. The van der Waals surface area contributed by atoms with Crippen molar-refractivity contribution >= 4 is 17.3 Å². The van der Waals surface area contributed by atoms with Crippen molar-refractivity contribution in [3.8, 4) is 11.1 Å². The van der Waals surface area contributed by atoms with E-state index >= 15 is 0 Å². The summed E-state index contributed by atoms with van der Waals surface area (Å²) in [6, 6.07) is 14.6. The summed E-state index contributed by atoms with van der Waals surface area (Å²) in [5, 5.41) is 3.06. The molecule has 0 aliphatic heterocycles. The summed E-state index contributed by atoms with van der Waals surface area (Å²) in [5.74, 6) is 0.134. The van der Waals surface area contributed by atoms with Crippen LogP contribution in [0, 0.1) is 12.3 Å². The second kappa shape index (κ2) is 5.73. The Kier molecular flexibility index (Phi) is 3.88. The Labute approximate surface area is 138 Å². The van der Waals surface area contributed by atoms with Gasteiger partial charge in [-0.1, -0.05) is 25.1 Å². The van der Waals surface area contributed by atoms with E-state index in [4.69, 9.17) is 0 Å². The molecule has 2 aromatic rings. The molecule has 1 amide bonds. The van der Waals surface area contributed by atoms with Crippen LogP contribution in [0.15, 0.2) is 42.5 Å². The molecule has 3 nitrogen and oxygen atoms in total. The number of nitrogens with one attached hydrogen (secondary N) is 1. The lowest BCUT2D eigenvalue weighted by Gasteiger charge is -2.15. The van der Waals surface area contributed by atoms with Crippen molar-refractivity contribution in [1.82, 2.24) is 0 Å². The fraction of sp³-hybridized carbons (Fsp3) is 0.350. The Bertz CT molecular complexity index is 728. The van der Waals surface area contributed by atoms with E-state index in [0.29, 0.717) is 0 Å². The van der Waals surface area contributed by atoms with Crippen LogP contribution < -0.4 is 10.2 Å². The lowest BCUT2D eigenvalue weighted by molar-refractivity contribution is -0.120. The van der Waals surface area contributed by atoms with E-state index in [1.54, 1.807) is 0 Å². The van der Waals surface area contributed by atoms with Crippen LogP contribution in [0.2, 0.25) is 0 Å². The molecule has 3 rings (SSSR count). The van der Waals surface area contributed by atoms with Crippen molar-refractivity contribution in [3.63, 3.8) is 0 Å². The van der Waals surface area contributed by atoms with Gasteiger partial charge >= 0.3 is 0 Å². The third-order valence-electron chi connectivity index (χ3n) is 4.74. The van der Waals surface area contributed by atoms with E-state index in [2.05, 4.69) is 53.5 Å². The average Bonchev–Trinajstić information content (AvgIpc) is 3.28. The van der Waals surface area contributed by atoms with Gasteiger partial charge in [0.15, 0.2) is 0 Å². The predicted molar refractivity (Wildman–Crippen MR) is 96.9 cm³/mol. The Morgan fingerprint density at radius 3 is 2.30 bits per heavy atom. The van der Waals surface area contributed by atoms with Crippen molar-refractivity contribution in [3.05, 3.63) is 48.0 Å². The highest BCUT2D eigenvalue weighted by Gasteiger charge is 2.44. The normalized spacial score (nSPS) is 15.1. The molecule has 0 unspecified atom stereocenters. The summed E-state index contributed by atoms with van der Waals surface area (Å²) < 4.78 is 0. The zero-order valence-corrected chi connectivity index (χ0v) is 14.3. The van der Waals surface area contributed by atoms with E-state index in [1.807, 2.05) is 27.1 Å². The molecule has 1 saturated carbocycles. The molecule has 0 aromatic heterocycles. The summed E-state index contributed by atoms with van der Waals surface area (Å²) >= 11 is 0. The van der Waals surface area contributed by atoms with Gasteiger partial charge in [-0.25, -0.2) is 0 Å². The van der Waals surface area contributed by atoms with Crippen LogP contribution in [0.5, 0.6) is 0 Å². The first-order valence-electron chi connectivity index (χ1n) is 8.09. The van der Waals surface area contributed by atoms with Crippen molar-refractivity contribution in [2.24, 2.45) is 5.41 Å². The number of nitrogens with zero attached hydrogens (tertiary/aromatic N) is 1. The fourth-order valence-corrected chi connectivity index (χ4v) is 2.65. The fourth-order valence-electron chi connectivity index (χ4n) is 2.65. The molecular formula is C20H24N2O. The quantitative estimate of drug-likeness (QED) is 0.904. The topological polar surface area (TPSA) is 32.3 Å². The summed E-state index contributed by atoms with van der Waals surface area (Å²) in [7, 11) is 4.07. The number of carbonyl (C=O) groups excluding carboxylic acids is 1. The number of anilines is 2.